The van der Waals surface area contributed by atoms with Crippen LogP contribution in [0.2, 0.25) is 0 Å². The molecule has 3 rings (SSSR count). The molecule has 3 heterocycles. The molecular formula is C13H18N4O. The van der Waals surface area contributed by atoms with E-state index in [2.05, 4.69) is 16.1 Å². The average Bonchev–Trinajstić information content (AvgIpc) is 2.79. The van der Waals surface area contributed by atoms with Crippen LogP contribution in [0, 0.1) is 0 Å². The first-order valence-electron chi connectivity index (χ1n) is 6.34. The van der Waals surface area contributed by atoms with Crippen LogP contribution in [0.4, 0.5) is 5.69 Å². The molecule has 1 aliphatic heterocycles. The number of rotatable bonds is 3. The van der Waals surface area contributed by atoms with Crippen LogP contribution in [-0.2, 0) is 11.2 Å². The highest BCUT2D eigenvalue weighted by Gasteiger charge is 2.10. The largest absolute Gasteiger partial charge is 0.399 e. The minimum absolute atomic E-state index is 0.757. The first-order chi connectivity index (χ1) is 8.81. The van der Waals surface area contributed by atoms with E-state index >= 15 is 0 Å². The van der Waals surface area contributed by atoms with Gasteiger partial charge in [0.2, 0.25) is 0 Å². The molecule has 96 valence electrons. The highest BCUT2D eigenvalue weighted by atomic mass is 16.5. The van der Waals surface area contributed by atoms with Crippen LogP contribution in [0.1, 0.15) is 5.69 Å². The molecule has 0 bridgehead atoms. The van der Waals surface area contributed by atoms with Crippen molar-refractivity contribution in [3.05, 3.63) is 30.2 Å². The number of anilines is 1. The smallest absolute Gasteiger partial charge is 0.139 e. The normalized spacial score (nSPS) is 17.3. The molecule has 0 saturated carbocycles. The number of nitrogens with zero attached hydrogens (tertiary/aromatic N) is 3. The van der Waals surface area contributed by atoms with Gasteiger partial charge in [0.25, 0.3) is 0 Å². The molecule has 0 spiro atoms. The summed E-state index contributed by atoms with van der Waals surface area (Å²) < 4.78 is 7.36. The van der Waals surface area contributed by atoms with Gasteiger partial charge in [0, 0.05) is 50.2 Å². The standard InChI is InChI=1S/C13H18N4O/c14-11-1-4-17-10-12(15-13(17)9-11)2-3-16-5-7-18-8-6-16/h1,4,9-10H,2-3,5-8,14H2. The van der Waals surface area contributed by atoms with Crippen LogP contribution in [0.3, 0.4) is 0 Å². The lowest BCUT2D eigenvalue weighted by Crippen LogP contribution is -2.37. The molecule has 0 aromatic carbocycles. The van der Waals surface area contributed by atoms with Gasteiger partial charge in [0.1, 0.15) is 5.65 Å². The number of nitrogen functional groups attached to an aromatic ring is 1. The SMILES string of the molecule is Nc1ccn2cc(CCN3CCOCC3)nc2c1. The molecule has 2 N–H and O–H groups in total. The molecule has 1 aliphatic rings. The maximum Gasteiger partial charge on any atom is 0.139 e. The molecule has 2 aromatic rings. The summed E-state index contributed by atoms with van der Waals surface area (Å²) in [5.41, 5.74) is 8.55. The molecule has 0 radical (unpaired) electrons. The van der Waals surface area contributed by atoms with Gasteiger partial charge in [-0.2, -0.15) is 0 Å². The van der Waals surface area contributed by atoms with Gasteiger partial charge in [-0.15, -0.1) is 0 Å². The molecule has 0 aliphatic carbocycles. The quantitative estimate of drug-likeness (QED) is 0.870. The third-order valence-electron chi connectivity index (χ3n) is 3.32. The Morgan fingerprint density at radius 1 is 1.33 bits per heavy atom. The third-order valence-corrected chi connectivity index (χ3v) is 3.32. The van der Waals surface area contributed by atoms with E-state index in [9.17, 15) is 0 Å². The number of ether oxygens (including phenoxy) is 1. The highest BCUT2D eigenvalue weighted by Crippen LogP contribution is 2.10. The van der Waals surface area contributed by atoms with Crippen LogP contribution in [0.25, 0.3) is 5.65 Å². The van der Waals surface area contributed by atoms with Gasteiger partial charge < -0.3 is 14.9 Å². The summed E-state index contributed by atoms with van der Waals surface area (Å²) in [4.78, 5) is 7.00. The predicted molar refractivity (Wildman–Crippen MR) is 70.6 cm³/mol. The van der Waals surface area contributed by atoms with E-state index in [1.54, 1.807) is 0 Å². The number of aromatic nitrogens is 2. The van der Waals surface area contributed by atoms with Gasteiger partial charge in [0.15, 0.2) is 0 Å². The summed E-state index contributed by atoms with van der Waals surface area (Å²) in [5, 5.41) is 0. The molecule has 0 atom stereocenters. The number of imidazole rings is 1. The molecular weight excluding hydrogens is 228 g/mol. The lowest BCUT2D eigenvalue weighted by Gasteiger charge is -2.26. The Bertz CT molecular complexity index is 531. The lowest BCUT2D eigenvalue weighted by atomic mass is 10.3. The summed E-state index contributed by atoms with van der Waals surface area (Å²) in [6, 6.07) is 3.79. The zero-order chi connectivity index (χ0) is 12.4. The molecule has 5 nitrogen and oxygen atoms in total. The van der Waals surface area contributed by atoms with E-state index in [0.717, 1.165) is 56.3 Å². The van der Waals surface area contributed by atoms with E-state index in [0.29, 0.717) is 0 Å². The number of pyridine rings is 1. The topological polar surface area (TPSA) is 55.8 Å². The monoisotopic (exact) mass is 246 g/mol. The zero-order valence-corrected chi connectivity index (χ0v) is 10.4. The fourth-order valence-electron chi connectivity index (χ4n) is 2.27. The number of nitrogens with two attached hydrogens (primary N) is 1. The van der Waals surface area contributed by atoms with Crippen molar-refractivity contribution in [3.8, 4) is 0 Å². The van der Waals surface area contributed by atoms with Gasteiger partial charge in [-0.25, -0.2) is 4.98 Å². The summed E-state index contributed by atoms with van der Waals surface area (Å²) in [6.45, 7) is 4.80. The molecule has 2 aromatic heterocycles. The molecule has 0 unspecified atom stereocenters. The Morgan fingerprint density at radius 2 is 2.17 bits per heavy atom. The highest BCUT2D eigenvalue weighted by molar-refractivity contribution is 5.52. The van der Waals surface area contributed by atoms with Gasteiger partial charge in [-0.3, -0.25) is 4.90 Å². The van der Waals surface area contributed by atoms with E-state index in [-0.39, 0.29) is 0 Å². The second kappa shape index (κ2) is 4.96. The van der Waals surface area contributed by atoms with E-state index in [4.69, 9.17) is 10.5 Å². The lowest BCUT2D eigenvalue weighted by molar-refractivity contribution is 0.0383. The second-order valence-electron chi connectivity index (χ2n) is 4.66. The first-order valence-corrected chi connectivity index (χ1v) is 6.34. The van der Waals surface area contributed by atoms with Crippen molar-refractivity contribution in [2.24, 2.45) is 0 Å². The summed E-state index contributed by atoms with van der Waals surface area (Å²) in [5.74, 6) is 0. The summed E-state index contributed by atoms with van der Waals surface area (Å²) >= 11 is 0. The number of morpholine rings is 1. The van der Waals surface area contributed by atoms with Crippen molar-refractivity contribution in [1.82, 2.24) is 14.3 Å². The molecule has 5 heteroatoms. The van der Waals surface area contributed by atoms with Crippen LogP contribution in [-0.4, -0.2) is 47.1 Å². The van der Waals surface area contributed by atoms with Crippen molar-refractivity contribution >= 4 is 11.3 Å². The summed E-state index contributed by atoms with van der Waals surface area (Å²) in [6.07, 6.45) is 5.01. The summed E-state index contributed by atoms with van der Waals surface area (Å²) in [7, 11) is 0. The Kier molecular flexibility index (Phi) is 3.17. The zero-order valence-electron chi connectivity index (χ0n) is 10.4. The van der Waals surface area contributed by atoms with Crippen molar-refractivity contribution in [1.29, 1.82) is 0 Å². The van der Waals surface area contributed by atoms with E-state index < -0.39 is 0 Å². The van der Waals surface area contributed by atoms with Crippen molar-refractivity contribution in [2.45, 2.75) is 6.42 Å². The number of fused-ring (bicyclic) bond motifs is 1. The fourth-order valence-corrected chi connectivity index (χ4v) is 2.27. The Morgan fingerprint density at radius 3 is 3.00 bits per heavy atom. The maximum absolute atomic E-state index is 5.75. The van der Waals surface area contributed by atoms with E-state index in [1.165, 1.54) is 0 Å². The fraction of sp³-hybridized carbons (Fsp3) is 0.462. The Balaban J connectivity index is 1.67. The Labute approximate surface area is 106 Å². The van der Waals surface area contributed by atoms with Gasteiger partial charge in [0.05, 0.1) is 18.9 Å². The second-order valence-corrected chi connectivity index (χ2v) is 4.66. The minimum Gasteiger partial charge on any atom is -0.399 e. The first kappa shape index (κ1) is 11.5. The molecule has 1 fully saturated rings. The van der Waals surface area contributed by atoms with Crippen LogP contribution >= 0.6 is 0 Å². The molecule has 18 heavy (non-hydrogen) atoms. The van der Waals surface area contributed by atoms with Crippen LogP contribution < -0.4 is 5.73 Å². The van der Waals surface area contributed by atoms with Gasteiger partial charge >= 0.3 is 0 Å². The van der Waals surface area contributed by atoms with Gasteiger partial charge in [-0.05, 0) is 6.07 Å². The third kappa shape index (κ3) is 2.47. The Hall–Kier alpha value is -1.59. The van der Waals surface area contributed by atoms with Crippen LogP contribution in [0.15, 0.2) is 24.5 Å². The van der Waals surface area contributed by atoms with Gasteiger partial charge in [-0.1, -0.05) is 0 Å². The minimum atomic E-state index is 0.757. The van der Waals surface area contributed by atoms with Crippen molar-refractivity contribution in [3.63, 3.8) is 0 Å². The molecule has 0 amide bonds. The van der Waals surface area contributed by atoms with Crippen molar-refractivity contribution < 1.29 is 4.74 Å². The van der Waals surface area contributed by atoms with Crippen molar-refractivity contribution in [2.75, 3.05) is 38.6 Å². The average molecular weight is 246 g/mol. The van der Waals surface area contributed by atoms with E-state index in [1.807, 2.05) is 22.7 Å². The maximum atomic E-state index is 5.75. The predicted octanol–water partition coefficient (Wildman–Crippen LogP) is 0.791. The molecule has 1 saturated heterocycles. The van der Waals surface area contributed by atoms with Crippen LogP contribution in [0.5, 0.6) is 0 Å². The number of hydrogen-bond acceptors (Lipinski definition) is 4. The number of hydrogen-bond donors (Lipinski definition) is 1.